The Morgan fingerprint density at radius 3 is 2.58 bits per heavy atom. The van der Waals surface area contributed by atoms with Crippen LogP contribution in [0.3, 0.4) is 0 Å². The third kappa shape index (κ3) is 4.00. The van der Waals surface area contributed by atoms with Gasteiger partial charge in [-0.2, -0.15) is 0 Å². The molecule has 1 aliphatic rings. The highest BCUT2D eigenvalue weighted by Gasteiger charge is 2.21. The molecule has 2 rings (SSSR count). The van der Waals surface area contributed by atoms with E-state index in [1.807, 2.05) is 0 Å². The van der Waals surface area contributed by atoms with Crippen LogP contribution in [0.4, 0.5) is 0 Å². The monoisotopic (exact) mass is 262 g/mol. The van der Waals surface area contributed by atoms with Gasteiger partial charge in [-0.25, -0.2) is 0 Å². The Kier molecular flexibility index (Phi) is 5.31. The average molecular weight is 262 g/mol. The van der Waals surface area contributed by atoms with Crippen LogP contribution in [0, 0.1) is 6.92 Å². The van der Waals surface area contributed by atoms with E-state index in [1.165, 1.54) is 5.69 Å². The average Bonchev–Trinajstić information content (AvgIpc) is 2.42. The van der Waals surface area contributed by atoms with Gasteiger partial charge < -0.3 is 5.73 Å². The third-order valence-corrected chi connectivity index (χ3v) is 4.00. The summed E-state index contributed by atoms with van der Waals surface area (Å²) >= 11 is 0. The summed E-state index contributed by atoms with van der Waals surface area (Å²) in [7, 11) is 0. The molecule has 0 amide bonds. The lowest BCUT2D eigenvalue weighted by molar-refractivity contribution is 0.0919. The summed E-state index contributed by atoms with van der Waals surface area (Å²) in [5.74, 6) is 0. The van der Waals surface area contributed by atoms with Gasteiger partial charge in [0.1, 0.15) is 0 Å². The maximum absolute atomic E-state index is 5.82. The Morgan fingerprint density at radius 2 is 2.00 bits per heavy atom. The van der Waals surface area contributed by atoms with E-state index in [1.54, 1.807) is 0 Å². The van der Waals surface area contributed by atoms with Crippen LogP contribution >= 0.6 is 0 Å². The lowest BCUT2D eigenvalue weighted by Gasteiger charge is -2.38. The molecule has 1 aromatic rings. The van der Waals surface area contributed by atoms with Crippen LogP contribution in [0.5, 0.6) is 0 Å². The van der Waals surface area contributed by atoms with Crippen molar-refractivity contribution in [3.63, 3.8) is 0 Å². The Labute approximate surface area is 116 Å². The second-order valence-corrected chi connectivity index (χ2v) is 5.38. The minimum Gasteiger partial charge on any atom is -0.329 e. The van der Waals surface area contributed by atoms with Gasteiger partial charge in [0, 0.05) is 51.0 Å². The topological polar surface area (TPSA) is 45.4 Å². The van der Waals surface area contributed by atoms with E-state index in [-0.39, 0.29) is 0 Å². The van der Waals surface area contributed by atoms with Gasteiger partial charge in [-0.3, -0.25) is 14.8 Å². The Hall–Kier alpha value is -0.970. The first-order valence-corrected chi connectivity index (χ1v) is 7.32. The number of pyridine rings is 1. The first kappa shape index (κ1) is 14.4. The molecular formula is C15H26N4. The van der Waals surface area contributed by atoms with Gasteiger partial charge in [-0.15, -0.1) is 0 Å². The second-order valence-electron chi connectivity index (χ2n) is 5.38. The number of nitrogens with zero attached hydrogens (tertiary/aromatic N) is 3. The Bertz CT molecular complexity index is 381. The predicted molar refractivity (Wildman–Crippen MR) is 79.0 cm³/mol. The van der Waals surface area contributed by atoms with Crippen molar-refractivity contribution in [1.82, 2.24) is 14.8 Å². The number of rotatable bonds is 5. The van der Waals surface area contributed by atoms with Crippen LogP contribution in [-0.2, 0) is 6.54 Å². The van der Waals surface area contributed by atoms with Gasteiger partial charge in [-0.05, 0) is 25.5 Å². The summed E-state index contributed by atoms with van der Waals surface area (Å²) < 4.78 is 0. The summed E-state index contributed by atoms with van der Waals surface area (Å²) in [6.45, 7) is 10.5. The van der Waals surface area contributed by atoms with Crippen molar-refractivity contribution >= 4 is 0 Å². The van der Waals surface area contributed by atoms with E-state index < -0.39 is 0 Å². The lowest BCUT2D eigenvalue weighted by atomic mass is 10.1. The number of piperazine rings is 1. The highest BCUT2D eigenvalue weighted by molar-refractivity contribution is 5.09. The first-order valence-electron chi connectivity index (χ1n) is 7.32. The fourth-order valence-corrected chi connectivity index (χ4v) is 2.78. The Morgan fingerprint density at radius 1 is 1.26 bits per heavy atom. The SMILES string of the molecule is CCC(CN)N1CCN(Cc2cccc(C)n2)CC1. The van der Waals surface area contributed by atoms with Crippen molar-refractivity contribution < 1.29 is 0 Å². The summed E-state index contributed by atoms with van der Waals surface area (Å²) in [5, 5.41) is 0. The minimum atomic E-state index is 0.555. The molecule has 1 aromatic heterocycles. The maximum Gasteiger partial charge on any atom is 0.0547 e. The highest BCUT2D eigenvalue weighted by Crippen LogP contribution is 2.11. The fourth-order valence-electron chi connectivity index (χ4n) is 2.78. The van der Waals surface area contributed by atoms with Crippen molar-refractivity contribution in [2.75, 3.05) is 32.7 Å². The zero-order chi connectivity index (χ0) is 13.7. The van der Waals surface area contributed by atoms with Crippen LogP contribution in [0.25, 0.3) is 0 Å². The zero-order valence-corrected chi connectivity index (χ0v) is 12.2. The minimum absolute atomic E-state index is 0.555. The van der Waals surface area contributed by atoms with Crippen LogP contribution < -0.4 is 5.73 Å². The first-order chi connectivity index (χ1) is 9.22. The van der Waals surface area contributed by atoms with Gasteiger partial charge in [0.05, 0.1) is 5.69 Å². The van der Waals surface area contributed by atoms with Gasteiger partial charge in [0.2, 0.25) is 0 Å². The summed E-state index contributed by atoms with van der Waals surface area (Å²) in [4.78, 5) is 9.59. The molecule has 1 atom stereocenters. The molecule has 4 heteroatoms. The molecule has 0 bridgehead atoms. The van der Waals surface area contributed by atoms with E-state index in [2.05, 4.69) is 46.8 Å². The Balaban J connectivity index is 1.83. The van der Waals surface area contributed by atoms with Crippen LogP contribution in [0.1, 0.15) is 24.7 Å². The van der Waals surface area contributed by atoms with Crippen molar-refractivity contribution in [2.24, 2.45) is 5.73 Å². The molecule has 0 aliphatic carbocycles. The summed E-state index contributed by atoms with van der Waals surface area (Å²) in [6.07, 6.45) is 1.15. The van der Waals surface area contributed by atoms with E-state index >= 15 is 0 Å². The van der Waals surface area contributed by atoms with E-state index in [0.29, 0.717) is 6.04 Å². The van der Waals surface area contributed by atoms with Crippen molar-refractivity contribution in [2.45, 2.75) is 32.9 Å². The van der Waals surface area contributed by atoms with Gasteiger partial charge in [-0.1, -0.05) is 13.0 Å². The number of aryl methyl sites for hydroxylation is 1. The molecule has 0 aromatic carbocycles. The molecule has 0 spiro atoms. The smallest absolute Gasteiger partial charge is 0.0547 e. The quantitative estimate of drug-likeness (QED) is 0.867. The molecule has 2 heterocycles. The molecule has 1 aliphatic heterocycles. The summed E-state index contributed by atoms with van der Waals surface area (Å²) in [5.41, 5.74) is 8.11. The number of nitrogens with two attached hydrogens (primary N) is 1. The molecule has 1 fully saturated rings. The van der Waals surface area contributed by atoms with E-state index in [0.717, 1.165) is 51.4 Å². The van der Waals surface area contributed by atoms with Crippen molar-refractivity contribution in [3.05, 3.63) is 29.6 Å². The third-order valence-electron chi connectivity index (χ3n) is 4.00. The van der Waals surface area contributed by atoms with Crippen molar-refractivity contribution in [3.8, 4) is 0 Å². The van der Waals surface area contributed by atoms with Gasteiger partial charge >= 0.3 is 0 Å². The number of hydrogen-bond donors (Lipinski definition) is 1. The normalized spacial score (nSPS) is 19.5. The van der Waals surface area contributed by atoms with Gasteiger partial charge in [0.25, 0.3) is 0 Å². The van der Waals surface area contributed by atoms with Crippen LogP contribution in [0.2, 0.25) is 0 Å². The maximum atomic E-state index is 5.82. The van der Waals surface area contributed by atoms with E-state index in [4.69, 9.17) is 5.73 Å². The summed E-state index contributed by atoms with van der Waals surface area (Å²) in [6, 6.07) is 6.82. The molecule has 2 N–H and O–H groups in total. The highest BCUT2D eigenvalue weighted by atomic mass is 15.3. The molecule has 19 heavy (non-hydrogen) atoms. The molecule has 0 radical (unpaired) electrons. The largest absolute Gasteiger partial charge is 0.329 e. The lowest BCUT2D eigenvalue weighted by Crippen LogP contribution is -2.51. The second kappa shape index (κ2) is 6.98. The molecular weight excluding hydrogens is 236 g/mol. The molecule has 0 saturated carbocycles. The van der Waals surface area contributed by atoms with E-state index in [9.17, 15) is 0 Å². The standard InChI is InChI=1S/C15H26N4/c1-3-15(11-16)19-9-7-18(8-10-19)12-14-6-4-5-13(2)17-14/h4-6,15H,3,7-12,16H2,1-2H3. The molecule has 106 valence electrons. The molecule has 1 saturated heterocycles. The molecule has 1 unspecified atom stereocenters. The predicted octanol–water partition coefficient (Wildman–Crippen LogP) is 1.24. The van der Waals surface area contributed by atoms with Gasteiger partial charge in [0.15, 0.2) is 0 Å². The number of hydrogen-bond acceptors (Lipinski definition) is 4. The molecule has 4 nitrogen and oxygen atoms in total. The number of aromatic nitrogens is 1. The van der Waals surface area contributed by atoms with Crippen LogP contribution in [-0.4, -0.2) is 53.5 Å². The fraction of sp³-hybridized carbons (Fsp3) is 0.667. The zero-order valence-electron chi connectivity index (χ0n) is 12.2. The van der Waals surface area contributed by atoms with Crippen molar-refractivity contribution in [1.29, 1.82) is 0 Å². The van der Waals surface area contributed by atoms with Crippen LogP contribution in [0.15, 0.2) is 18.2 Å².